The largest absolute Gasteiger partial charge is 0.479 e. The average Bonchev–Trinajstić information content (AvgIpc) is 2.43. The number of carbonyl (C=O) groups excluding carboxylic acids is 2. The van der Waals surface area contributed by atoms with Gasteiger partial charge in [-0.25, -0.2) is 9.59 Å². The summed E-state index contributed by atoms with van der Waals surface area (Å²) < 4.78 is 0. The number of nitrogens with two attached hydrogens (primary N) is 1. The van der Waals surface area contributed by atoms with E-state index in [0.717, 1.165) is 4.90 Å². The zero-order chi connectivity index (χ0) is 16.9. The number of amides is 3. The molecule has 7 nitrogen and oxygen atoms in total. The first kappa shape index (κ1) is 17.6. The first-order valence-corrected chi connectivity index (χ1v) is 6.79. The maximum absolute atomic E-state index is 12.4. The van der Waals surface area contributed by atoms with E-state index < -0.39 is 29.5 Å². The second-order valence-electron chi connectivity index (χ2n) is 5.52. The summed E-state index contributed by atoms with van der Waals surface area (Å²) in [4.78, 5) is 36.4. The Morgan fingerprint density at radius 2 is 1.82 bits per heavy atom. The number of nitrogens with one attached hydrogen (secondary N) is 1. The summed E-state index contributed by atoms with van der Waals surface area (Å²) in [5.74, 6) is -1.77. The van der Waals surface area contributed by atoms with Gasteiger partial charge in [0.1, 0.15) is 0 Å². The van der Waals surface area contributed by atoms with Crippen LogP contribution in [0.5, 0.6) is 0 Å². The number of hydrogen-bond acceptors (Lipinski definition) is 4. The highest BCUT2D eigenvalue weighted by atomic mass is 16.4. The number of nitrogens with zero attached hydrogens (tertiary/aromatic N) is 1. The number of carboxylic acid groups (broad SMARTS) is 1. The zero-order valence-electron chi connectivity index (χ0n) is 12.9. The number of benzene rings is 1. The van der Waals surface area contributed by atoms with E-state index in [1.807, 2.05) is 0 Å². The summed E-state index contributed by atoms with van der Waals surface area (Å²) in [5, 5.41) is 11.7. The van der Waals surface area contributed by atoms with Gasteiger partial charge in [0.15, 0.2) is 6.04 Å². The van der Waals surface area contributed by atoms with Crippen molar-refractivity contribution in [3.63, 3.8) is 0 Å². The molecular weight excluding hydrogens is 286 g/mol. The van der Waals surface area contributed by atoms with Crippen LogP contribution in [-0.4, -0.2) is 40.0 Å². The molecule has 1 aromatic rings. The minimum atomic E-state index is -1.25. The standard InChI is InChI=1S/C15H21N3O4/c1-10(19)17-14(22)18(15(2,3)9-16)12(13(20)21)11-7-5-4-6-8-11/h4-8,12H,9,16H2,1-3H3,(H,20,21)(H,17,19,22). The van der Waals surface area contributed by atoms with Crippen LogP contribution < -0.4 is 11.1 Å². The van der Waals surface area contributed by atoms with Crippen LogP contribution in [0.3, 0.4) is 0 Å². The molecule has 1 unspecified atom stereocenters. The Balaban J connectivity index is 3.35. The lowest BCUT2D eigenvalue weighted by Crippen LogP contribution is -2.58. The van der Waals surface area contributed by atoms with Crippen molar-refractivity contribution in [2.45, 2.75) is 32.4 Å². The number of hydrogen-bond donors (Lipinski definition) is 3. The molecule has 0 aliphatic heterocycles. The smallest absolute Gasteiger partial charge is 0.331 e. The maximum atomic E-state index is 12.4. The molecule has 0 saturated carbocycles. The van der Waals surface area contributed by atoms with Gasteiger partial charge in [-0.3, -0.25) is 10.1 Å². The molecule has 0 bridgehead atoms. The Kier molecular flexibility index (Phi) is 5.64. The number of carbonyl (C=O) groups is 3. The number of aliphatic carboxylic acids is 1. The van der Waals surface area contributed by atoms with Crippen molar-refractivity contribution < 1.29 is 19.5 Å². The van der Waals surface area contributed by atoms with Crippen LogP contribution in [0.25, 0.3) is 0 Å². The summed E-state index contributed by atoms with van der Waals surface area (Å²) in [6.07, 6.45) is 0. The van der Waals surface area contributed by atoms with Gasteiger partial charge in [0, 0.05) is 13.5 Å². The highest BCUT2D eigenvalue weighted by Gasteiger charge is 2.40. The molecule has 22 heavy (non-hydrogen) atoms. The van der Waals surface area contributed by atoms with Crippen LogP contribution in [0.15, 0.2) is 30.3 Å². The molecule has 0 fully saturated rings. The number of carboxylic acids is 1. The summed E-state index contributed by atoms with van der Waals surface area (Å²) in [6.45, 7) is 4.51. The molecule has 0 heterocycles. The highest BCUT2D eigenvalue weighted by molar-refractivity contribution is 5.95. The molecule has 1 atom stereocenters. The summed E-state index contributed by atoms with van der Waals surface area (Å²) >= 11 is 0. The monoisotopic (exact) mass is 307 g/mol. The fourth-order valence-corrected chi connectivity index (χ4v) is 2.09. The number of imide groups is 1. The lowest BCUT2D eigenvalue weighted by molar-refractivity contribution is -0.144. The lowest BCUT2D eigenvalue weighted by atomic mass is 9.96. The molecule has 0 spiro atoms. The van der Waals surface area contributed by atoms with Crippen molar-refractivity contribution >= 4 is 17.9 Å². The second-order valence-corrected chi connectivity index (χ2v) is 5.52. The van der Waals surface area contributed by atoms with E-state index in [0.29, 0.717) is 5.56 Å². The van der Waals surface area contributed by atoms with Gasteiger partial charge in [-0.05, 0) is 19.4 Å². The summed E-state index contributed by atoms with van der Waals surface area (Å²) in [6, 6.07) is 6.29. The lowest BCUT2D eigenvalue weighted by Gasteiger charge is -2.41. The van der Waals surface area contributed by atoms with Crippen molar-refractivity contribution in [2.24, 2.45) is 5.73 Å². The molecule has 0 saturated heterocycles. The third-order valence-corrected chi connectivity index (χ3v) is 3.26. The molecule has 7 heteroatoms. The third kappa shape index (κ3) is 4.05. The quantitative estimate of drug-likeness (QED) is 0.754. The van der Waals surface area contributed by atoms with Gasteiger partial charge < -0.3 is 15.7 Å². The topological polar surface area (TPSA) is 113 Å². The van der Waals surface area contributed by atoms with Gasteiger partial charge in [-0.2, -0.15) is 0 Å². The van der Waals surface area contributed by atoms with Crippen molar-refractivity contribution in [2.75, 3.05) is 6.54 Å². The fraction of sp³-hybridized carbons (Fsp3) is 0.400. The van der Waals surface area contributed by atoms with E-state index in [-0.39, 0.29) is 6.54 Å². The first-order valence-electron chi connectivity index (χ1n) is 6.79. The minimum Gasteiger partial charge on any atom is -0.479 e. The summed E-state index contributed by atoms with van der Waals surface area (Å²) in [7, 11) is 0. The fourth-order valence-electron chi connectivity index (χ4n) is 2.09. The van der Waals surface area contributed by atoms with Gasteiger partial charge in [-0.1, -0.05) is 30.3 Å². The van der Waals surface area contributed by atoms with Gasteiger partial charge >= 0.3 is 12.0 Å². The van der Waals surface area contributed by atoms with Crippen LogP contribution in [-0.2, 0) is 9.59 Å². The van der Waals surface area contributed by atoms with Crippen LogP contribution in [0.1, 0.15) is 32.4 Å². The van der Waals surface area contributed by atoms with E-state index in [9.17, 15) is 19.5 Å². The zero-order valence-corrected chi connectivity index (χ0v) is 12.9. The maximum Gasteiger partial charge on any atom is 0.331 e. The van der Waals surface area contributed by atoms with Gasteiger partial charge in [-0.15, -0.1) is 0 Å². The van der Waals surface area contributed by atoms with E-state index in [1.165, 1.54) is 6.92 Å². The van der Waals surface area contributed by atoms with Gasteiger partial charge in [0.05, 0.1) is 5.54 Å². The Bertz CT molecular complexity index is 557. The SMILES string of the molecule is CC(=O)NC(=O)N(C(C(=O)O)c1ccccc1)C(C)(C)CN. The molecular formula is C15H21N3O4. The first-order chi connectivity index (χ1) is 10.2. The predicted octanol–water partition coefficient (Wildman–Crippen LogP) is 1.11. The van der Waals surface area contributed by atoms with Crippen LogP contribution >= 0.6 is 0 Å². The van der Waals surface area contributed by atoms with E-state index in [1.54, 1.807) is 44.2 Å². The van der Waals surface area contributed by atoms with E-state index >= 15 is 0 Å². The molecule has 0 aliphatic carbocycles. The van der Waals surface area contributed by atoms with Gasteiger partial charge in [0.2, 0.25) is 5.91 Å². The number of rotatable bonds is 5. The summed E-state index contributed by atoms with van der Waals surface area (Å²) in [5.41, 5.74) is 5.16. The molecule has 0 radical (unpaired) electrons. The highest BCUT2D eigenvalue weighted by Crippen LogP contribution is 2.28. The van der Waals surface area contributed by atoms with Crippen LogP contribution in [0.4, 0.5) is 4.79 Å². The third-order valence-electron chi connectivity index (χ3n) is 3.26. The van der Waals surface area contributed by atoms with Crippen molar-refractivity contribution in [1.82, 2.24) is 10.2 Å². The van der Waals surface area contributed by atoms with Crippen LogP contribution in [0, 0.1) is 0 Å². The van der Waals surface area contributed by atoms with Gasteiger partial charge in [0.25, 0.3) is 0 Å². The molecule has 3 amide bonds. The predicted molar refractivity (Wildman–Crippen MR) is 81.0 cm³/mol. The Morgan fingerprint density at radius 1 is 1.27 bits per heavy atom. The normalized spacial score (nSPS) is 12.4. The minimum absolute atomic E-state index is 0.0366. The van der Waals surface area contributed by atoms with E-state index in [2.05, 4.69) is 5.32 Å². The Morgan fingerprint density at radius 3 is 2.23 bits per heavy atom. The molecule has 4 N–H and O–H groups in total. The van der Waals surface area contributed by atoms with Crippen molar-refractivity contribution in [3.8, 4) is 0 Å². The number of urea groups is 1. The molecule has 1 rings (SSSR count). The van der Waals surface area contributed by atoms with Crippen molar-refractivity contribution in [1.29, 1.82) is 0 Å². The van der Waals surface area contributed by atoms with Crippen molar-refractivity contribution in [3.05, 3.63) is 35.9 Å². The second kappa shape index (κ2) is 7.04. The molecule has 0 aliphatic rings. The molecule has 120 valence electrons. The Labute approximate surface area is 129 Å². The average molecular weight is 307 g/mol. The molecule has 0 aromatic heterocycles. The van der Waals surface area contributed by atoms with E-state index in [4.69, 9.17) is 5.73 Å². The molecule has 1 aromatic carbocycles. The van der Waals surface area contributed by atoms with Crippen LogP contribution in [0.2, 0.25) is 0 Å². The Hall–Kier alpha value is -2.41.